The number of hydrogen-bond acceptors (Lipinski definition) is 2. The first-order valence-electron chi connectivity index (χ1n) is 7.35. The van der Waals surface area contributed by atoms with Gasteiger partial charge in [0.05, 0.1) is 6.54 Å². The lowest BCUT2D eigenvalue weighted by atomic mass is 10.1. The van der Waals surface area contributed by atoms with Gasteiger partial charge in [0.2, 0.25) is 0 Å². The molecule has 5 heteroatoms. The molecular formula is C18H17FN2O2. The number of fused-ring (bicyclic) bond motifs is 1. The van der Waals surface area contributed by atoms with Gasteiger partial charge < -0.3 is 15.4 Å². The van der Waals surface area contributed by atoms with Crippen molar-refractivity contribution >= 4 is 16.9 Å². The molecule has 0 radical (unpaired) electrons. The van der Waals surface area contributed by atoms with Crippen molar-refractivity contribution in [2.24, 2.45) is 5.73 Å². The van der Waals surface area contributed by atoms with Gasteiger partial charge >= 0.3 is 5.97 Å². The zero-order valence-corrected chi connectivity index (χ0v) is 12.4. The van der Waals surface area contributed by atoms with Gasteiger partial charge in [-0.15, -0.1) is 0 Å². The Bertz CT molecular complexity index is 857. The van der Waals surface area contributed by atoms with Gasteiger partial charge in [-0.05, 0) is 17.7 Å². The molecule has 23 heavy (non-hydrogen) atoms. The molecule has 3 aromatic rings. The van der Waals surface area contributed by atoms with E-state index in [1.165, 1.54) is 6.07 Å². The van der Waals surface area contributed by atoms with E-state index in [4.69, 9.17) is 10.8 Å². The number of hydrogen-bond donors (Lipinski definition) is 2. The summed E-state index contributed by atoms with van der Waals surface area (Å²) >= 11 is 0. The number of carboxylic acids is 1. The molecule has 1 aromatic heterocycles. The summed E-state index contributed by atoms with van der Waals surface area (Å²) in [5.74, 6) is -1.29. The van der Waals surface area contributed by atoms with Crippen LogP contribution in [0, 0.1) is 5.82 Å². The number of halogens is 1. The number of aliphatic carboxylic acids is 1. The van der Waals surface area contributed by atoms with E-state index in [9.17, 15) is 9.18 Å². The first-order chi connectivity index (χ1) is 11.1. The fourth-order valence-corrected chi connectivity index (χ4v) is 2.75. The van der Waals surface area contributed by atoms with Crippen molar-refractivity contribution in [3.8, 4) is 0 Å². The molecule has 3 rings (SSSR count). The largest absolute Gasteiger partial charge is 0.480 e. The quantitative estimate of drug-likeness (QED) is 0.761. The van der Waals surface area contributed by atoms with E-state index in [1.807, 2.05) is 35.0 Å². The third-order valence-electron chi connectivity index (χ3n) is 3.93. The van der Waals surface area contributed by atoms with Crippen molar-refractivity contribution in [2.75, 3.05) is 0 Å². The standard InChI is InChI=1S/C18H17FN2O2/c19-15-7-3-1-5-12(15)10-21-11-13(9-16(20)18(22)23)14-6-2-4-8-17(14)21/h1-8,11,16H,9-10,20H2,(H,22,23)/t16-/m0/s1. The molecule has 2 aromatic carbocycles. The Balaban J connectivity index is 2.01. The minimum atomic E-state index is -1.03. The molecule has 118 valence electrons. The molecule has 1 atom stereocenters. The Morgan fingerprint density at radius 3 is 2.57 bits per heavy atom. The summed E-state index contributed by atoms with van der Waals surface area (Å²) in [7, 11) is 0. The predicted molar refractivity (Wildman–Crippen MR) is 86.8 cm³/mol. The van der Waals surface area contributed by atoms with Crippen LogP contribution >= 0.6 is 0 Å². The summed E-state index contributed by atoms with van der Waals surface area (Å²) in [6, 6.07) is 13.3. The molecule has 3 N–H and O–H groups in total. The van der Waals surface area contributed by atoms with Gasteiger partial charge in [0.15, 0.2) is 0 Å². The van der Waals surface area contributed by atoms with Crippen LogP contribution in [-0.2, 0) is 17.8 Å². The Morgan fingerprint density at radius 1 is 1.13 bits per heavy atom. The lowest BCUT2D eigenvalue weighted by Crippen LogP contribution is -2.32. The summed E-state index contributed by atoms with van der Waals surface area (Å²) in [4.78, 5) is 11.0. The van der Waals surface area contributed by atoms with E-state index in [-0.39, 0.29) is 12.2 Å². The highest BCUT2D eigenvalue weighted by Gasteiger charge is 2.16. The van der Waals surface area contributed by atoms with Gasteiger partial charge in [-0.1, -0.05) is 36.4 Å². The van der Waals surface area contributed by atoms with Crippen LogP contribution in [0.15, 0.2) is 54.7 Å². The van der Waals surface area contributed by atoms with Gasteiger partial charge in [0, 0.05) is 29.1 Å². The number of carbonyl (C=O) groups is 1. The summed E-state index contributed by atoms with van der Waals surface area (Å²) in [6.07, 6.45) is 2.10. The van der Waals surface area contributed by atoms with Crippen LogP contribution in [0.5, 0.6) is 0 Å². The molecule has 0 amide bonds. The first-order valence-corrected chi connectivity index (χ1v) is 7.35. The van der Waals surface area contributed by atoms with E-state index in [1.54, 1.807) is 18.2 Å². The lowest BCUT2D eigenvalue weighted by molar-refractivity contribution is -0.138. The summed E-state index contributed by atoms with van der Waals surface area (Å²) in [5, 5.41) is 9.96. The smallest absolute Gasteiger partial charge is 0.320 e. The maximum absolute atomic E-state index is 13.9. The second-order valence-corrected chi connectivity index (χ2v) is 5.54. The average molecular weight is 312 g/mol. The molecule has 0 unspecified atom stereocenters. The maximum atomic E-state index is 13.9. The Kier molecular flexibility index (Phi) is 4.12. The number of para-hydroxylation sites is 1. The summed E-state index contributed by atoms with van der Waals surface area (Å²) in [6.45, 7) is 0.384. The molecule has 0 bridgehead atoms. The van der Waals surface area contributed by atoms with E-state index in [0.717, 1.165) is 16.5 Å². The van der Waals surface area contributed by atoms with Gasteiger partial charge in [0.25, 0.3) is 0 Å². The molecule has 1 heterocycles. The van der Waals surface area contributed by atoms with Gasteiger partial charge in [-0.25, -0.2) is 4.39 Å². The highest BCUT2D eigenvalue weighted by atomic mass is 19.1. The lowest BCUT2D eigenvalue weighted by Gasteiger charge is -2.06. The topological polar surface area (TPSA) is 68.2 Å². The van der Waals surface area contributed by atoms with Crippen molar-refractivity contribution in [1.29, 1.82) is 0 Å². The van der Waals surface area contributed by atoms with Crippen LogP contribution in [0.1, 0.15) is 11.1 Å². The van der Waals surface area contributed by atoms with Crippen LogP contribution in [-0.4, -0.2) is 21.7 Å². The van der Waals surface area contributed by atoms with Crippen LogP contribution in [0.3, 0.4) is 0 Å². The zero-order valence-electron chi connectivity index (χ0n) is 12.4. The molecule has 0 saturated heterocycles. The van der Waals surface area contributed by atoms with Crippen molar-refractivity contribution in [3.63, 3.8) is 0 Å². The third-order valence-corrected chi connectivity index (χ3v) is 3.93. The fraction of sp³-hybridized carbons (Fsp3) is 0.167. The minimum Gasteiger partial charge on any atom is -0.480 e. The number of carboxylic acid groups (broad SMARTS) is 1. The number of benzene rings is 2. The summed E-state index contributed by atoms with van der Waals surface area (Å²) < 4.78 is 15.8. The monoisotopic (exact) mass is 312 g/mol. The van der Waals surface area contributed by atoms with Crippen LogP contribution in [0.25, 0.3) is 10.9 Å². The minimum absolute atomic E-state index is 0.236. The van der Waals surface area contributed by atoms with Crippen molar-refractivity contribution in [1.82, 2.24) is 4.57 Å². The van der Waals surface area contributed by atoms with Crippen LogP contribution < -0.4 is 5.73 Å². The SMILES string of the molecule is N[C@@H](Cc1cn(Cc2ccccc2F)c2ccccc12)C(=O)O. The highest BCUT2D eigenvalue weighted by molar-refractivity contribution is 5.85. The van der Waals surface area contributed by atoms with E-state index >= 15 is 0 Å². The molecule has 0 spiro atoms. The van der Waals surface area contributed by atoms with E-state index in [2.05, 4.69) is 0 Å². The molecule has 4 nitrogen and oxygen atoms in total. The molecular weight excluding hydrogens is 295 g/mol. The second-order valence-electron chi connectivity index (χ2n) is 5.54. The molecule has 0 saturated carbocycles. The van der Waals surface area contributed by atoms with Crippen molar-refractivity contribution in [3.05, 3.63) is 71.7 Å². The van der Waals surface area contributed by atoms with Crippen LogP contribution in [0.4, 0.5) is 4.39 Å². The molecule has 0 aliphatic rings. The predicted octanol–water partition coefficient (Wildman–Crippen LogP) is 2.78. The first kappa shape index (κ1) is 15.2. The molecule has 0 fully saturated rings. The highest BCUT2D eigenvalue weighted by Crippen LogP contribution is 2.24. The van der Waals surface area contributed by atoms with Gasteiger partial charge in [0.1, 0.15) is 11.9 Å². The average Bonchev–Trinajstić information content (AvgIpc) is 2.88. The number of nitrogens with two attached hydrogens (primary N) is 1. The number of nitrogens with zero attached hydrogens (tertiary/aromatic N) is 1. The summed E-state index contributed by atoms with van der Waals surface area (Å²) in [5.41, 5.74) is 8.03. The van der Waals surface area contributed by atoms with E-state index < -0.39 is 12.0 Å². The Morgan fingerprint density at radius 2 is 1.83 bits per heavy atom. The van der Waals surface area contributed by atoms with Crippen LogP contribution in [0.2, 0.25) is 0 Å². The van der Waals surface area contributed by atoms with E-state index in [0.29, 0.717) is 12.1 Å². The maximum Gasteiger partial charge on any atom is 0.320 e. The number of aromatic nitrogens is 1. The van der Waals surface area contributed by atoms with Crippen molar-refractivity contribution < 1.29 is 14.3 Å². The van der Waals surface area contributed by atoms with Gasteiger partial charge in [-0.2, -0.15) is 0 Å². The second kappa shape index (κ2) is 6.22. The molecule has 0 aliphatic heterocycles. The van der Waals surface area contributed by atoms with Crippen molar-refractivity contribution in [2.45, 2.75) is 19.0 Å². The zero-order chi connectivity index (χ0) is 16.4. The number of rotatable bonds is 5. The molecule has 0 aliphatic carbocycles. The Hall–Kier alpha value is -2.66. The Labute approximate surface area is 133 Å². The van der Waals surface area contributed by atoms with Gasteiger partial charge in [-0.3, -0.25) is 4.79 Å². The normalized spacial score (nSPS) is 12.4. The fourth-order valence-electron chi connectivity index (χ4n) is 2.75. The third kappa shape index (κ3) is 3.10.